The molecule has 1 aliphatic carbocycles. The van der Waals surface area contributed by atoms with Crippen LogP contribution in [0.4, 0.5) is 0 Å². The first-order valence-corrected chi connectivity index (χ1v) is 5.02. The van der Waals surface area contributed by atoms with Crippen molar-refractivity contribution in [3.63, 3.8) is 0 Å². The molecule has 2 fully saturated rings. The second-order valence-electron chi connectivity index (χ2n) is 3.61. The topological polar surface area (TPSA) is 23.6 Å². The Balaban J connectivity index is 1.86. The van der Waals surface area contributed by atoms with E-state index in [-0.39, 0.29) is 5.91 Å². The van der Waals surface area contributed by atoms with Gasteiger partial charge in [-0.15, -0.1) is 0 Å². The van der Waals surface area contributed by atoms with E-state index < -0.39 is 0 Å². The number of amides is 1. The van der Waals surface area contributed by atoms with Gasteiger partial charge in [0.05, 0.1) is 13.2 Å². The lowest BCUT2D eigenvalue weighted by molar-refractivity contribution is -0.127. The quantitative estimate of drug-likeness (QED) is 0.679. The van der Waals surface area contributed by atoms with Crippen LogP contribution in [-0.4, -0.2) is 41.5 Å². The molecule has 4 heteroatoms. The fourth-order valence-corrected chi connectivity index (χ4v) is 1.72. The number of rotatable bonds is 3. The van der Waals surface area contributed by atoms with Gasteiger partial charge in [0.1, 0.15) is 0 Å². The lowest BCUT2D eigenvalue weighted by atomic mass is 10.5. The minimum Gasteiger partial charge on any atom is -0.326 e. The molecule has 3 nitrogen and oxygen atoms in total. The maximum absolute atomic E-state index is 11.5. The van der Waals surface area contributed by atoms with E-state index >= 15 is 0 Å². The number of nitrogens with zero attached hydrogens (tertiary/aromatic N) is 2. The van der Waals surface area contributed by atoms with Crippen LogP contribution in [0.3, 0.4) is 0 Å². The molecule has 2 aliphatic rings. The summed E-state index contributed by atoms with van der Waals surface area (Å²) in [5, 5.41) is 0. The Hall–Kier alpha value is -0.540. The summed E-state index contributed by atoms with van der Waals surface area (Å²) in [6.45, 7) is 2.11. The summed E-state index contributed by atoms with van der Waals surface area (Å²) >= 11 is 5.42. The van der Waals surface area contributed by atoms with Gasteiger partial charge in [0.2, 0.25) is 5.91 Å². The summed E-state index contributed by atoms with van der Waals surface area (Å²) in [4.78, 5) is 15.5. The fraction of sp³-hybridized carbons (Fsp3) is 0.667. The average molecular weight is 201 g/mol. The molecule has 0 unspecified atom stereocenters. The summed E-state index contributed by atoms with van der Waals surface area (Å²) in [5.74, 6) is 0.269. The van der Waals surface area contributed by atoms with Gasteiger partial charge < -0.3 is 4.90 Å². The van der Waals surface area contributed by atoms with Crippen molar-refractivity contribution in [2.75, 3.05) is 19.8 Å². The fourth-order valence-electron chi connectivity index (χ4n) is 1.64. The molecule has 1 heterocycles. The van der Waals surface area contributed by atoms with Gasteiger partial charge in [0.15, 0.2) is 0 Å². The molecule has 1 saturated carbocycles. The molecule has 72 valence electrons. The first kappa shape index (κ1) is 9.03. The van der Waals surface area contributed by atoms with Crippen LogP contribution in [0.5, 0.6) is 0 Å². The number of hydrogen-bond acceptors (Lipinski definition) is 2. The first-order valence-electron chi connectivity index (χ1n) is 4.58. The van der Waals surface area contributed by atoms with Gasteiger partial charge >= 0.3 is 0 Å². The smallest absolute Gasteiger partial charge is 0.238 e. The van der Waals surface area contributed by atoms with Gasteiger partial charge in [-0.1, -0.05) is 17.7 Å². The van der Waals surface area contributed by atoms with Crippen LogP contribution in [0.15, 0.2) is 11.6 Å². The van der Waals surface area contributed by atoms with E-state index in [0.717, 1.165) is 13.2 Å². The third kappa shape index (κ3) is 2.03. The third-order valence-corrected chi connectivity index (χ3v) is 2.65. The Morgan fingerprint density at radius 1 is 1.54 bits per heavy atom. The Kier molecular flexibility index (Phi) is 2.56. The van der Waals surface area contributed by atoms with Crippen molar-refractivity contribution in [3.8, 4) is 0 Å². The zero-order valence-electron chi connectivity index (χ0n) is 7.45. The van der Waals surface area contributed by atoms with E-state index in [1.807, 2.05) is 11.0 Å². The van der Waals surface area contributed by atoms with Gasteiger partial charge in [-0.3, -0.25) is 9.69 Å². The molecule has 0 bridgehead atoms. The normalized spacial score (nSPS) is 25.0. The second kappa shape index (κ2) is 3.68. The van der Waals surface area contributed by atoms with Gasteiger partial charge in [-0.25, -0.2) is 0 Å². The maximum Gasteiger partial charge on any atom is 0.238 e. The SMILES string of the molecule is O=C1CN(C/C=C/Cl)CN1C1CC1. The van der Waals surface area contributed by atoms with Crippen molar-refractivity contribution in [3.05, 3.63) is 11.6 Å². The van der Waals surface area contributed by atoms with E-state index in [4.69, 9.17) is 11.6 Å². The standard InChI is InChI=1S/C9H13ClN2O/c10-4-1-5-11-6-9(13)12(7-11)8-2-3-8/h1,4,8H,2-3,5-7H2/b4-1+. The summed E-state index contributed by atoms with van der Waals surface area (Å²) < 4.78 is 0. The van der Waals surface area contributed by atoms with Crippen LogP contribution in [0, 0.1) is 0 Å². The molecule has 1 amide bonds. The van der Waals surface area contributed by atoms with Crippen LogP contribution in [0.25, 0.3) is 0 Å². The predicted molar refractivity (Wildman–Crippen MR) is 51.3 cm³/mol. The van der Waals surface area contributed by atoms with E-state index in [1.165, 1.54) is 18.4 Å². The van der Waals surface area contributed by atoms with Crippen LogP contribution >= 0.6 is 11.6 Å². The highest BCUT2D eigenvalue weighted by Crippen LogP contribution is 2.29. The van der Waals surface area contributed by atoms with E-state index in [0.29, 0.717) is 12.6 Å². The van der Waals surface area contributed by atoms with Crippen LogP contribution < -0.4 is 0 Å². The highest BCUT2D eigenvalue weighted by molar-refractivity contribution is 6.25. The molecular weight excluding hydrogens is 188 g/mol. The van der Waals surface area contributed by atoms with Gasteiger partial charge in [0.25, 0.3) is 0 Å². The highest BCUT2D eigenvalue weighted by Gasteiger charge is 2.37. The summed E-state index contributed by atoms with van der Waals surface area (Å²) in [6, 6.07) is 0.539. The van der Waals surface area contributed by atoms with Crippen molar-refractivity contribution in [2.24, 2.45) is 0 Å². The molecule has 0 aromatic carbocycles. The molecule has 0 spiro atoms. The number of halogens is 1. The summed E-state index contributed by atoms with van der Waals surface area (Å²) in [7, 11) is 0. The average Bonchev–Trinajstić information content (AvgIpc) is 2.88. The zero-order chi connectivity index (χ0) is 9.26. The van der Waals surface area contributed by atoms with Crippen molar-refractivity contribution in [1.29, 1.82) is 0 Å². The number of carbonyl (C=O) groups excluding carboxylic acids is 1. The van der Waals surface area contributed by atoms with Gasteiger partial charge in [-0.05, 0) is 12.8 Å². The summed E-state index contributed by atoms with van der Waals surface area (Å²) in [5.41, 5.74) is 1.50. The van der Waals surface area contributed by atoms with Crippen molar-refractivity contribution in [1.82, 2.24) is 9.80 Å². The Morgan fingerprint density at radius 3 is 2.92 bits per heavy atom. The van der Waals surface area contributed by atoms with Gasteiger partial charge in [-0.2, -0.15) is 0 Å². The Bertz CT molecular complexity index is 238. The lowest BCUT2D eigenvalue weighted by Crippen LogP contribution is -2.29. The zero-order valence-corrected chi connectivity index (χ0v) is 8.20. The van der Waals surface area contributed by atoms with Crippen molar-refractivity contribution < 1.29 is 4.79 Å². The number of carbonyl (C=O) groups is 1. The molecule has 2 rings (SSSR count). The molecule has 0 atom stereocenters. The third-order valence-electron chi connectivity index (χ3n) is 2.47. The molecule has 0 aromatic heterocycles. The van der Waals surface area contributed by atoms with Gasteiger partial charge in [0, 0.05) is 18.1 Å². The first-order chi connectivity index (χ1) is 6.31. The molecule has 13 heavy (non-hydrogen) atoms. The molecule has 1 aliphatic heterocycles. The van der Waals surface area contributed by atoms with Crippen LogP contribution in [0.2, 0.25) is 0 Å². The predicted octanol–water partition coefficient (Wildman–Crippen LogP) is 1.00. The maximum atomic E-state index is 11.5. The van der Waals surface area contributed by atoms with E-state index in [9.17, 15) is 4.79 Å². The minimum absolute atomic E-state index is 0.269. The van der Waals surface area contributed by atoms with Crippen LogP contribution in [0.1, 0.15) is 12.8 Å². The molecule has 1 saturated heterocycles. The summed E-state index contributed by atoms with van der Waals surface area (Å²) in [6.07, 6.45) is 4.24. The van der Waals surface area contributed by atoms with E-state index in [2.05, 4.69) is 4.90 Å². The second-order valence-corrected chi connectivity index (χ2v) is 3.86. The molecule has 0 N–H and O–H groups in total. The van der Waals surface area contributed by atoms with Crippen LogP contribution in [-0.2, 0) is 4.79 Å². The number of hydrogen-bond donors (Lipinski definition) is 0. The molecular formula is C9H13ClN2O. The monoisotopic (exact) mass is 200 g/mol. The molecule has 0 radical (unpaired) electrons. The molecule has 0 aromatic rings. The van der Waals surface area contributed by atoms with Crippen molar-refractivity contribution >= 4 is 17.5 Å². The Morgan fingerprint density at radius 2 is 2.31 bits per heavy atom. The van der Waals surface area contributed by atoms with Crippen molar-refractivity contribution in [2.45, 2.75) is 18.9 Å². The largest absolute Gasteiger partial charge is 0.326 e. The van der Waals surface area contributed by atoms with E-state index in [1.54, 1.807) is 0 Å². The Labute approximate surface area is 82.9 Å². The minimum atomic E-state index is 0.269. The highest BCUT2D eigenvalue weighted by atomic mass is 35.5. The lowest BCUT2D eigenvalue weighted by Gasteiger charge is -2.15.